The molecule has 106 valence electrons. The van der Waals surface area contributed by atoms with Crippen LogP contribution in [0.4, 0.5) is 0 Å². The van der Waals surface area contributed by atoms with Crippen molar-refractivity contribution in [1.82, 2.24) is 10.3 Å². The van der Waals surface area contributed by atoms with Gasteiger partial charge in [-0.25, -0.2) is 4.98 Å². The van der Waals surface area contributed by atoms with Gasteiger partial charge >= 0.3 is 0 Å². The molecular formula is C11H21Cl2N3OS. The lowest BCUT2D eigenvalue weighted by molar-refractivity contribution is -0.125. The van der Waals surface area contributed by atoms with Crippen molar-refractivity contribution in [1.29, 1.82) is 0 Å². The van der Waals surface area contributed by atoms with E-state index < -0.39 is 5.54 Å². The molecule has 0 spiro atoms. The van der Waals surface area contributed by atoms with Gasteiger partial charge < -0.3 is 11.1 Å². The molecule has 4 nitrogen and oxygen atoms in total. The Labute approximate surface area is 125 Å². The number of hydrogen-bond acceptors (Lipinski definition) is 4. The van der Waals surface area contributed by atoms with Gasteiger partial charge in [-0.05, 0) is 19.8 Å². The van der Waals surface area contributed by atoms with E-state index in [9.17, 15) is 4.79 Å². The van der Waals surface area contributed by atoms with E-state index in [4.69, 9.17) is 5.73 Å². The number of halogens is 2. The lowest BCUT2D eigenvalue weighted by Gasteiger charge is -2.16. The molecule has 0 bridgehead atoms. The Kier molecular flexibility index (Phi) is 8.81. The normalized spacial score (nSPS) is 10.6. The summed E-state index contributed by atoms with van der Waals surface area (Å²) >= 11 is 1.56. The average Bonchev–Trinajstić information content (AvgIpc) is 2.60. The first kappa shape index (κ1) is 20.0. The number of carbonyl (C=O) groups is 1. The van der Waals surface area contributed by atoms with Crippen molar-refractivity contribution in [3.05, 3.63) is 16.1 Å². The minimum atomic E-state index is -0.835. The fraction of sp³-hybridized carbons (Fsp3) is 0.636. The Balaban J connectivity index is 0. The number of amides is 1. The maximum atomic E-state index is 11.5. The fourth-order valence-electron chi connectivity index (χ4n) is 1.06. The Morgan fingerprint density at radius 3 is 2.44 bits per heavy atom. The molecule has 1 heterocycles. The van der Waals surface area contributed by atoms with Gasteiger partial charge in [-0.15, -0.1) is 36.2 Å². The van der Waals surface area contributed by atoms with Crippen LogP contribution >= 0.6 is 36.2 Å². The number of carbonyl (C=O) groups excluding carboxylic acids is 1. The minimum absolute atomic E-state index is 0. The van der Waals surface area contributed by atoms with Crippen LogP contribution in [-0.2, 0) is 11.3 Å². The van der Waals surface area contributed by atoms with E-state index in [1.165, 1.54) is 0 Å². The van der Waals surface area contributed by atoms with Crippen LogP contribution in [0.3, 0.4) is 0 Å². The smallest absolute Gasteiger partial charge is 0.239 e. The maximum absolute atomic E-state index is 11.5. The van der Waals surface area contributed by atoms with Gasteiger partial charge in [0.2, 0.25) is 5.91 Å². The zero-order valence-corrected chi connectivity index (χ0v) is 13.5. The predicted octanol–water partition coefficient (Wildman–Crippen LogP) is 2.46. The lowest BCUT2D eigenvalue weighted by Crippen LogP contribution is -2.48. The molecule has 0 aliphatic heterocycles. The van der Waals surface area contributed by atoms with E-state index >= 15 is 0 Å². The van der Waals surface area contributed by atoms with Gasteiger partial charge in [0.25, 0.3) is 0 Å². The highest BCUT2D eigenvalue weighted by molar-refractivity contribution is 7.09. The highest BCUT2D eigenvalue weighted by Gasteiger charge is 2.21. The summed E-state index contributed by atoms with van der Waals surface area (Å²) in [5.41, 5.74) is 5.90. The molecule has 18 heavy (non-hydrogen) atoms. The fourth-order valence-corrected chi connectivity index (χ4v) is 1.95. The molecule has 0 atom stereocenters. The first-order valence-corrected chi connectivity index (χ1v) is 6.20. The number of rotatable bonds is 4. The number of nitrogens with one attached hydrogen (secondary N) is 1. The largest absolute Gasteiger partial charge is 0.348 e. The Morgan fingerprint density at radius 2 is 2.06 bits per heavy atom. The van der Waals surface area contributed by atoms with E-state index in [-0.39, 0.29) is 30.7 Å². The van der Waals surface area contributed by atoms with E-state index in [0.717, 1.165) is 10.7 Å². The van der Waals surface area contributed by atoms with Crippen molar-refractivity contribution >= 4 is 42.1 Å². The third-order valence-corrected chi connectivity index (χ3v) is 3.01. The molecule has 1 amide bonds. The molecule has 1 aromatic heterocycles. The van der Waals surface area contributed by atoms with Crippen molar-refractivity contribution in [3.63, 3.8) is 0 Å². The summed E-state index contributed by atoms with van der Waals surface area (Å²) < 4.78 is 0. The van der Waals surface area contributed by atoms with Crippen molar-refractivity contribution in [2.45, 2.75) is 45.7 Å². The topological polar surface area (TPSA) is 68.0 Å². The second kappa shape index (κ2) is 7.94. The second-order valence-corrected chi connectivity index (χ2v) is 5.67. The molecule has 1 aromatic rings. The zero-order valence-electron chi connectivity index (χ0n) is 11.0. The van der Waals surface area contributed by atoms with Crippen molar-refractivity contribution in [2.24, 2.45) is 5.73 Å². The summed E-state index contributed by atoms with van der Waals surface area (Å²) in [4.78, 5) is 15.9. The zero-order chi connectivity index (χ0) is 12.3. The first-order valence-electron chi connectivity index (χ1n) is 5.32. The Bertz CT molecular complexity index is 375. The van der Waals surface area contributed by atoms with E-state index in [0.29, 0.717) is 12.5 Å². The van der Waals surface area contributed by atoms with Crippen molar-refractivity contribution in [2.75, 3.05) is 0 Å². The van der Waals surface area contributed by atoms with Crippen LogP contribution < -0.4 is 11.1 Å². The molecular weight excluding hydrogens is 293 g/mol. The van der Waals surface area contributed by atoms with Gasteiger partial charge in [-0.2, -0.15) is 0 Å². The van der Waals surface area contributed by atoms with Gasteiger partial charge in [0, 0.05) is 5.38 Å². The summed E-state index contributed by atoms with van der Waals surface area (Å²) in [5, 5.41) is 5.72. The SMILES string of the molecule is CC(C)c1csc(CNC(=O)C(C)(C)N)n1.Cl.Cl. The summed E-state index contributed by atoms with van der Waals surface area (Å²) in [7, 11) is 0. The molecule has 0 aliphatic carbocycles. The van der Waals surface area contributed by atoms with Gasteiger partial charge in [-0.1, -0.05) is 13.8 Å². The highest BCUT2D eigenvalue weighted by atomic mass is 35.5. The van der Waals surface area contributed by atoms with Gasteiger partial charge in [-0.3, -0.25) is 4.79 Å². The third-order valence-electron chi connectivity index (χ3n) is 2.15. The second-order valence-electron chi connectivity index (χ2n) is 4.73. The summed E-state index contributed by atoms with van der Waals surface area (Å²) in [6.45, 7) is 8.02. The maximum Gasteiger partial charge on any atom is 0.239 e. The predicted molar refractivity (Wildman–Crippen MR) is 80.8 cm³/mol. The minimum Gasteiger partial charge on any atom is -0.348 e. The van der Waals surface area contributed by atoms with Crippen LogP contribution in [0.2, 0.25) is 0 Å². The number of nitrogens with zero attached hydrogens (tertiary/aromatic N) is 1. The number of hydrogen-bond donors (Lipinski definition) is 2. The molecule has 7 heteroatoms. The van der Waals surface area contributed by atoms with E-state index in [1.54, 1.807) is 25.2 Å². The van der Waals surface area contributed by atoms with Crippen LogP contribution in [-0.4, -0.2) is 16.4 Å². The summed E-state index contributed by atoms with van der Waals surface area (Å²) in [6.07, 6.45) is 0. The Hall–Kier alpha value is -0.360. The number of nitrogens with two attached hydrogens (primary N) is 1. The number of aromatic nitrogens is 1. The molecule has 0 unspecified atom stereocenters. The van der Waals surface area contributed by atoms with Crippen LogP contribution in [0.1, 0.15) is 44.3 Å². The quantitative estimate of drug-likeness (QED) is 0.897. The molecule has 1 rings (SSSR count). The molecule has 0 aromatic carbocycles. The van der Waals surface area contributed by atoms with Crippen LogP contribution in [0.5, 0.6) is 0 Å². The van der Waals surface area contributed by atoms with Gasteiger partial charge in [0.15, 0.2) is 0 Å². The van der Waals surface area contributed by atoms with Crippen LogP contribution in [0, 0.1) is 0 Å². The molecule has 3 N–H and O–H groups in total. The molecule has 0 saturated heterocycles. The monoisotopic (exact) mass is 313 g/mol. The molecule has 0 fully saturated rings. The standard InChI is InChI=1S/C11H19N3OS.2ClH/c1-7(2)8-6-16-9(14-8)5-13-10(15)11(3,4)12;;/h6-7H,5,12H2,1-4H3,(H,13,15);2*1H. The number of thiazole rings is 1. The van der Waals surface area contributed by atoms with Crippen molar-refractivity contribution < 1.29 is 4.79 Å². The van der Waals surface area contributed by atoms with Gasteiger partial charge in [0.1, 0.15) is 5.01 Å². The summed E-state index contributed by atoms with van der Waals surface area (Å²) in [6, 6.07) is 0. The summed E-state index contributed by atoms with van der Waals surface area (Å²) in [5.74, 6) is 0.264. The highest BCUT2D eigenvalue weighted by Crippen LogP contribution is 2.17. The lowest BCUT2D eigenvalue weighted by atomic mass is 10.1. The van der Waals surface area contributed by atoms with E-state index in [2.05, 4.69) is 24.1 Å². The molecule has 0 radical (unpaired) electrons. The van der Waals surface area contributed by atoms with Crippen LogP contribution in [0.15, 0.2) is 5.38 Å². The van der Waals surface area contributed by atoms with Gasteiger partial charge in [0.05, 0.1) is 17.8 Å². The third kappa shape index (κ3) is 6.00. The first-order chi connectivity index (χ1) is 7.30. The van der Waals surface area contributed by atoms with Crippen molar-refractivity contribution in [3.8, 4) is 0 Å². The molecule has 0 saturated carbocycles. The average molecular weight is 314 g/mol. The van der Waals surface area contributed by atoms with E-state index in [1.807, 2.05) is 5.38 Å². The molecule has 0 aliphatic rings. The van der Waals surface area contributed by atoms with Crippen LogP contribution in [0.25, 0.3) is 0 Å². The Morgan fingerprint density at radius 1 is 1.50 bits per heavy atom.